The van der Waals surface area contributed by atoms with Crippen molar-refractivity contribution in [2.24, 2.45) is 0 Å². The highest BCUT2D eigenvalue weighted by molar-refractivity contribution is 5.19. The Morgan fingerprint density at radius 2 is 2.12 bits per heavy atom. The number of nitrogens with one attached hydrogen (secondary N) is 1. The molecule has 1 fully saturated rings. The molecule has 86 valence electrons. The van der Waals surface area contributed by atoms with Crippen molar-refractivity contribution >= 4 is 0 Å². The first-order valence-corrected chi connectivity index (χ1v) is 6.16. The van der Waals surface area contributed by atoms with Gasteiger partial charge in [0.25, 0.3) is 5.56 Å². The van der Waals surface area contributed by atoms with Gasteiger partial charge in [-0.1, -0.05) is 0 Å². The topological polar surface area (TPSA) is 46.9 Å². The van der Waals surface area contributed by atoms with Crippen LogP contribution in [0.1, 0.15) is 36.6 Å². The number of hydrogen-bond donors (Lipinski definition) is 1. The van der Waals surface area contributed by atoms with E-state index in [1.807, 2.05) is 4.57 Å². The van der Waals surface area contributed by atoms with Gasteiger partial charge < -0.3 is 5.32 Å². The summed E-state index contributed by atoms with van der Waals surface area (Å²) >= 11 is 0. The minimum absolute atomic E-state index is 0.207. The normalized spacial score (nSPS) is 21.0. The highest BCUT2D eigenvalue weighted by Crippen LogP contribution is 2.30. The van der Waals surface area contributed by atoms with Gasteiger partial charge in [0.05, 0.1) is 12.0 Å². The third-order valence-corrected chi connectivity index (χ3v) is 3.74. The van der Waals surface area contributed by atoms with Gasteiger partial charge in [0.2, 0.25) is 0 Å². The summed E-state index contributed by atoms with van der Waals surface area (Å²) in [6.07, 6.45) is 6.99. The lowest BCUT2D eigenvalue weighted by molar-refractivity contribution is 0.302. The minimum atomic E-state index is 0.207. The van der Waals surface area contributed by atoms with E-state index in [9.17, 15) is 4.79 Å². The van der Waals surface area contributed by atoms with Crippen LogP contribution in [0.2, 0.25) is 0 Å². The van der Waals surface area contributed by atoms with E-state index in [2.05, 4.69) is 10.3 Å². The van der Waals surface area contributed by atoms with Crippen LogP contribution >= 0.6 is 0 Å². The highest BCUT2D eigenvalue weighted by Gasteiger charge is 2.23. The second-order valence-electron chi connectivity index (χ2n) is 4.72. The van der Waals surface area contributed by atoms with Gasteiger partial charge in [0, 0.05) is 24.6 Å². The average Bonchev–Trinajstić information content (AvgIpc) is 2.45. The number of hydrogen-bond acceptors (Lipinski definition) is 3. The molecule has 1 saturated carbocycles. The first-order valence-electron chi connectivity index (χ1n) is 6.16. The van der Waals surface area contributed by atoms with E-state index in [1.165, 1.54) is 6.42 Å². The second kappa shape index (κ2) is 4.01. The molecule has 1 aromatic rings. The van der Waals surface area contributed by atoms with Gasteiger partial charge in [0.1, 0.15) is 0 Å². The summed E-state index contributed by atoms with van der Waals surface area (Å²) in [6, 6.07) is 0.418. The summed E-state index contributed by atoms with van der Waals surface area (Å²) in [6.45, 7) is 1.84. The fourth-order valence-electron chi connectivity index (χ4n) is 2.48. The summed E-state index contributed by atoms with van der Waals surface area (Å²) in [7, 11) is 0. The van der Waals surface area contributed by atoms with Gasteiger partial charge in [-0.3, -0.25) is 9.36 Å². The van der Waals surface area contributed by atoms with E-state index < -0.39 is 0 Å². The predicted molar refractivity (Wildman–Crippen MR) is 61.7 cm³/mol. The monoisotopic (exact) mass is 219 g/mol. The van der Waals surface area contributed by atoms with Crippen molar-refractivity contribution < 1.29 is 0 Å². The molecule has 16 heavy (non-hydrogen) atoms. The van der Waals surface area contributed by atoms with Gasteiger partial charge in [-0.25, -0.2) is 4.98 Å². The maximum absolute atomic E-state index is 12.3. The van der Waals surface area contributed by atoms with Crippen molar-refractivity contribution in [2.45, 2.75) is 38.1 Å². The average molecular weight is 219 g/mol. The zero-order chi connectivity index (χ0) is 11.0. The summed E-state index contributed by atoms with van der Waals surface area (Å²) in [5, 5.41) is 3.31. The largest absolute Gasteiger partial charge is 0.316 e. The van der Waals surface area contributed by atoms with Crippen LogP contribution in [-0.4, -0.2) is 22.6 Å². The standard InChI is InChI=1S/C12H17N3O/c16-12-10-4-6-13-7-5-11(10)14-8-15(12)9-2-1-3-9/h8-9,13H,1-7H2. The molecule has 0 aromatic carbocycles. The SMILES string of the molecule is O=c1c2c(ncn1C1CCC1)CCNCC2. The van der Waals surface area contributed by atoms with Crippen LogP contribution in [0.15, 0.2) is 11.1 Å². The Morgan fingerprint density at radius 1 is 1.31 bits per heavy atom. The van der Waals surface area contributed by atoms with Gasteiger partial charge in [0.15, 0.2) is 0 Å². The first-order chi connectivity index (χ1) is 7.86. The summed E-state index contributed by atoms with van der Waals surface area (Å²) in [5.41, 5.74) is 2.16. The van der Waals surface area contributed by atoms with Crippen molar-refractivity contribution in [3.05, 3.63) is 27.9 Å². The number of aromatic nitrogens is 2. The van der Waals surface area contributed by atoms with E-state index >= 15 is 0 Å². The van der Waals surface area contributed by atoms with Gasteiger partial charge in [-0.05, 0) is 32.2 Å². The van der Waals surface area contributed by atoms with Crippen LogP contribution in [0.4, 0.5) is 0 Å². The molecule has 2 aliphatic rings. The predicted octanol–water partition coefficient (Wildman–Crippen LogP) is 0.656. The Bertz CT molecular complexity index is 448. The molecule has 2 heterocycles. The molecular weight excluding hydrogens is 202 g/mol. The summed E-state index contributed by atoms with van der Waals surface area (Å²) in [4.78, 5) is 16.8. The molecule has 0 saturated heterocycles. The van der Waals surface area contributed by atoms with E-state index in [-0.39, 0.29) is 5.56 Å². The van der Waals surface area contributed by atoms with Crippen molar-refractivity contribution in [3.8, 4) is 0 Å². The van der Waals surface area contributed by atoms with Crippen molar-refractivity contribution in [1.82, 2.24) is 14.9 Å². The zero-order valence-electron chi connectivity index (χ0n) is 9.41. The first kappa shape index (κ1) is 10.0. The van der Waals surface area contributed by atoms with Crippen LogP contribution in [0.25, 0.3) is 0 Å². The van der Waals surface area contributed by atoms with Crippen molar-refractivity contribution in [1.29, 1.82) is 0 Å². The molecule has 0 bridgehead atoms. The molecule has 1 aromatic heterocycles. The Hall–Kier alpha value is -1.16. The lowest BCUT2D eigenvalue weighted by atomic mass is 9.93. The molecule has 0 radical (unpaired) electrons. The zero-order valence-corrected chi connectivity index (χ0v) is 9.41. The molecule has 1 aliphatic carbocycles. The molecular formula is C12H17N3O. The Balaban J connectivity index is 2.03. The Morgan fingerprint density at radius 3 is 2.88 bits per heavy atom. The fraction of sp³-hybridized carbons (Fsp3) is 0.667. The van der Waals surface area contributed by atoms with E-state index in [1.54, 1.807) is 6.33 Å². The lowest BCUT2D eigenvalue weighted by Crippen LogP contribution is -2.32. The molecule has 0 amide bonds. The lowest BCUT2D eigenvalue weighted by Gasteiger charge is -2.27. The molecule has 1 N–H and O–H groups in total. The summed E-state index contributed by atoms with van der Waals surface area (Å²) in [5.74, 6) is 0. The highest BCUT2D eigenvalue weighted by atomic mass is 16.1. The molecule has 3 rings (SSSR count). The number of nitrogens with zero attached hydrogens (tertiary/aromatic N) is 2. The van der Waals surface area contributed by atoms with E-state index in [0.717, 1.165) is 50.0 Å². The molecule has 1 aliphatic heterocycles. The van der Waals surface area contributed by atoms with Crippen LogP contribution in [0.3, 0.4) is 0 Å². The minimum Gasteiger partial charge on any atom is -0.316 e. The smallest absolute Gasteiger partial charge is 0.257 e. The molecule has 4 nitrogen and oxygen atoms in total. The van der Waals surface area contributed by atoms with Gasteiger partial charge in [-0.2, -0.15) is 0 Å². The van der Waals surface area contributed by atoms with Crippen molar-refractivity contribution in [3.63, 3.8) is 0 Å². The number of fused-ring (bicyclic) bond motifs is 1. The quantitative estimate of drug-likeness (QED) is 0.754. The second-order valence-corrected chi connectivity index (χ2v) is 4.72. The molecule has 0 spiro atoms. The molecule has 0 atom stereocenters. The Labute approximate surface area is 94.7 Å². The number of rotatable bonds is 1. The molecule has 0 unspecified atom stereocenters. The van der Waals surface area contributed by atoms with Crippen LogP contribution < -0.4 is 10.9 Å². The Kier molecular flexibility index (Phi) is 2.52. The van der Waals surface area contributed by atoms with Crippen LogP contribution in [0.5, 0.6) is 0 Å². The van der Waals surface area contributed by atoms with Gasteiger partial charge in [-0.15, -0.1) is 0 Å². The van der Waals surface area contributed by atoms with Crippen molar-refractivity contribution in [2.75, 3.05) is 13.1 Å². The van der Waals surface area contributed by atoms with E-state index in [0.29, 0.717) is 6.04 Å². The maximum atomic E-state index is 12.3. The van der Waals surface area contributed by atoms with E-state index in [4.69, 9.17) is 0 Å². The maximum Gasteiger partial charge on any atom is 0.257 e. The molecule has 4 heteroatoms. The van der Waals surface area contributed by atoms with Gasteiger partial charge >= 0.3 is 0 Å². The fourth-order valence-corrected chi connectivity index (χ4v) is 2.48. The van der Waals surface area contributed by atoms with Crippen LogP contribution in [-0.2, 0) is 12.8 Å². The summed E-state index contributed by atoms with van der Waals surface area (Å²) < 4.78 is 1.85. The third-order valence-electron chi connectivity index (χ3n) is 3.74. The third kappa shape index (κ3) is 1.57. The van der Waals surface area contributed by atoms with Crippen LogP contribution in [0, 0.1) is 0 Å².